The molecule has 1 aromatic carbocycles. The van der Waals surface area contributed by atoms with E-state index in [1.165, 1.54) is 18.2 Å². The maximum Gasteiger partial charge on any atom is 0.416 e. The number of nitriles is 1. The minimum atomic E-state index is -4.46. The maximum absolute atomic E-state index is 12.9. The van der Waals surface area contributed by atoms with Gasteiger partial charge in [0.2, 0.25) is 5.91 Å². The average Bonchev–Trinajstić information content (AvgIpc) is 3.48. The fourth-order valence-electron chi connectivity index (χ4n) is 2.74. The van der Waals surface area contributed by atoms with Crippen LogP contribution >= 0.6 is 0 Å². The normalized spacial score (nSPS) is 14.4. The van der Waals surface area contributed by atoms with Crippen LogP contribution in [0, 0.1) is 23.2 Å². The molecule has 1 amide bonds. The third-order valence-corrected chi connectivity index (χ3v) is 4.41. The molecule has 1 aromatic heterocycles. The number of carbonyl (C=O) groups excluding carboxylic acids is 1. The smallest absolute Gasteiger partial charge is 0.308 e. The van der Waals surface area contributed by atoms with E-state index in [9.17, 15) is 18.0 Å². The third kappa shape index (κ3) is 4.29. The summed E-state index contributed by atoms with van der Waals surface area (Å²) < 4.78 is 38.8. The first-order valence-corrected chi connectivity index (χ1v) is 8.54. The van der Waals surface area contributed by atoms with Gasteiger partial charge in [-0.25, -0.2) is 0 Å². The van der Waals surface area contributed by atoms with Crippen molar-refractivity contribution in [2.24, 2.45) is 0 Å². The van der Waals surface area contributed by atoms with E-state index >= 15 is 0 Å². The van der Waals surface area contributed by atoms with Crippen molar-refractivity contribution in [2.75, 3.05) is 5.32 Å². The molecule has 0 aliphatic heterocycles. The van der Waals surface area contributed by atoms with Gasteiger partial charge in [0, 0.05) is 12.8 Å². The van der Waals surface area contributed by atoms with Crippen molar-refractivity contribution in [2.45, 2.75) is 37.3 Å². The Kier molecular flexibility index (Phi) is 5.32. The molecule has 0 bridgehead atoms. The van der Waals surface area contributed by atoms with Crippen molar-refractivity contribution in [3.63, 3.8) is 0 Å². The molecule has 28 heavy (non-hydrogen) atoms. The van der Waals surface area contributed by atoms with Gasteiger partial charge in [0.25, 0.3) is 0 Å². The second-order valence-corrected chi connectivity index (χ2v) is 6.38. The van der Waals surface area contributed by atoms with Gasteiger partial charge in [-0.1, -0.05) is 24.1 Å². The van der Waals surface area contributed by atoms with Gasteiger partial charge < -0.3 is 5.32 Å². The highest BCUT2D eigenvalue weighted by Crippen LogP contribution is 2.49. The summed E-state index contributed by atoms with van der Waals surface area (Å²) in [4.78, 5) is 12.7. The monoisotopic (exact) mass is 384 g/mol. The molecule has 1 fully saturated rings. The minimum Gasteiger partial charge on any atom is -0.308 e. The maximum atomic E-state index is 12.9. The molecule has 0 unspecified atom stereocenters. The number of nitrogens with zero attached hydrogens (tertiary/aromatic N) is 3. The van der Waals surface area contributed by atoms with Crippen molar-refractivity contribution in [1.82, 2.24) is 10.2 Å². The summed E-state index contributed by atoms with van der Waals surface area (Å²) in [5, 5.41) is 18.8. The van der Waals surface area contributed by atoms with Crippen molar-refractivity contribution < 1.29 is 18.0 Å². The Morgan fingerprint density at radius 1 is 1.18 bits per heavy atom. The highest BCUT2D eigenvalue weighted by Gasteiger charge is 2.52. The van der Waals surface area contributed by atoms with Crippen molar-refractivity contribution in [3.8, 4) is 17.9 Å². The number of amides is 1. The lowest BCUT2D eigenvalue weighted by molar-refractivity contribution is -0.137. The fourth-order valence-corrected chi connectivity index (χ4v) is 2.74. The molecular formula is C20H15F3N4O. The second-order valence-electron chi connectivity index (χ2n) is 6.38. The zero-order chi connectivity index (χ0) is 20.2. The molecule has 0 spiro atoms. The average molecular weight is 384 g/mol. The van der Waals surface area contributed by atoms with E-state index in [2.05, 4.69) is 27.4 Å². The number of hydrogen-bond acceptors (Lipinski definition) is 4. The summed E-state index contributed by atoms with van der Waals surface area (Å²) in [5.74, 6) is 5.33. The van der Waals surface area contributed by atoms with E-state index in [1.54, 1.807) is 6.07 Å². The fraction of sp³-hybridized carbons (Fsp3) is 0.300. The molecule has 2 aromatic rings. The van der Waals surface area contributed by atoms with Crippen LogP contribution < -0.4 is 5.32 Å². The van der Waals surface area contributed by atoms with E-state index in [1.807, 2.05) is 6.07 Å². The quantitative estimate of drug-likeness (QED) is 0.642. The molecule has 0 saturated heterocycles. The molecular weight excluding hydrogens is 369 g/mol. The number of aromatic nitrogens is 2. The van der Waals surface area contributed by atoms with E-state index in [0.29, 0.717) is 36.9 Å². The lowest BCUT2D eigenvalue weighted by Gasteiger charge is -2.17. The van der Waals surface area contributed by atoms with Gasteiger partial charge in [-0.3, -0.25) is 4.79 Å². The van der Waals surface area contributed by atoms with Gasteiger partial charge in [0.05, 0.1) is 17.0 Å². The van der Waals surface area contributed by atoms with Crippen LogP contribution in [0.3, 0.4) is 0 Å². The standard InChI is InChI=1S/C20H15F3N4O/c21-20(22,23)15-6-4-5-14(13-15)19(10-11-19)18(28)25-17-9-8-16(26-27-17)7-2-1-3-12-24/h4-6,8-9,13H,1,3,10-11H2,(H,25,27,28). The van der Waals surface area contributed by atoms with E-state index in [4.69, 9.17) is 5.26 Å². The van der Waals surface area contributed by atoms with Crippen molar-refractivity contribution >= 4 is 11.7 Å². The van der Waals surface area contributed by atoms with Gasteiger partial charge in [0.15, 0.2) is 5.82 Å². The zero-order valence-electron chi connectivity index (χ0n) is 14.7. The summed E-state index contributed by atoms with van der Waals surface area (Å²) in [6.45, 7) is 0. The van der Waals surface area contributed by atoms with Crippen LogP contribution in [0.25, 0.3) is 0 Å². The number of alkyl halides is 3. The summed E-state index contributed by atoms with van der Waals surface area (Å²) in [6, 6.07) is 9.94. The Bertz CT molecular complexity index is 977. The van der Waals surface area contributed by atoms with Crippen LogP contribution in [0.15, 0.2) is 36.4 Å². The SMILES string of the molecule is N#CCCC#Cc1ccc(NC(=O)C2(c3cccc(C(F)(F)F)c3)CC2)nn1. The highest BCUT2D eigenvalue weighted by molar-refractivity contribution is 6.00. The number of benzene rings is 1. The zero-order valence-corrected chi connectivity index (χ0v) is 14.7. The molecule has 1 saturated carbocycles. The molecule has 5 nitrogen and oxygen atoms in total. The van der Waals surface area contributed by atoms with Crippen LogP contribution in [0.1, 0.15) is 42.5 Å². The van der Waals surface area contributed by atoms with Gasteiger partial charge in [0.1, 0.15) is 5.69 Å². The number of anilines is 1. The molecule has 0 atom stereocenters. The predicted octanol–water partition coefficient (Wildman–Crippen LogP) is 3.82. The number of nitrogens with one attached hydrogen (secondary N) is 1. The van der Waals surface area contributed by atoms with E-state index < -0.39 is 23.1 Å². The minimum absolute atomic E-state index is 0.200. The Hall–Kier alpha value is -3.39. The van der Waals surface area contributed by atoms with Gasteiger partial charge >= 0.3 is 6.18 Å². The highest BCUT2D eigenvalue weighted by atomic mass is 19.4. The number of rotatable bonds is 4. The lowest BCUT2D eigenvalue weighted by Crippen LogP contribution is -2.28. The van der Waals surface area contributed by atoms with Crippen molar-refractivity contribution in [3.05, 3.63) is 53.2 Å². The third-order valence-electron chi connectivity index (χ3n) is 4.41. The van der Waals surface area contributed by atoms with Crippen LogP contribution in [-0.2, 0) is 16.4 Å². The first kappa shape index (κ1) is 19.4. The topological polar surface area (TPSA) is 78.7 Å². The Balaban J connectivity index is 1.71. The van der Waals surface area contributed by atoms with Crippen LogP contribution in [0.4, 0.5) is 19.0 Å². The van der Waals surface area contributed by atoms with E-state index in [0.717, 1.165) is 12.1 Å². The predicted molar refractivity (Wildman–Crippen MR) is 94.7 cm³/mol. The molecule has 1 heterocycles. The number of unbranched alkanes of at least 4 members (excludes halogenated alkanes) is 1. The van der Waals surface area contributed by atoms with Crippen LogP contribution in [-0.4, -0.2) is 16.1 Å². The number of carbonyl (C=O) groups is 1. The second kappa shape index (κ2) is 7.69. The number of halogens is 3. The Morgan fingerprint density at radius 3 is 2.57 bits per heavy atom. The molecule has 1 N–H and O–H groups in total. The van der Waals surface area contributed by atoms with Gasteiger partial charge in [-0.2, -0.15) is 18.4 Å². The Morgan fingerprint density at radius 2 is 1.96 bits per heavy atom. The van der Waals surface area contributed by atoms with Crippen molar-refractivity contribution in [1.29, 1.82) is 5.26 Å². The summed E-state index contributed by atoms with van der Waals surface area (Å²) >= 11 is 0. The molecule has 3 rings (SSSR count). The van der Waals surface area contributed by atoms with Crippen LogP contribution in [0.5, 0.6) is 0 Å². The molecule has 1 aliphatic carbocycles. The summed E-state index contributed by atoms with van der Waals surface area (Å²) in [7, 11) is 0. The molecule has 8 heteroatoms. The van der Waals surface area contributed by atoms with E-state index in [-0.39, 0.29) is 5.82 Å². The van der Waals surface area contributed by atoms with Gasteiger partial charge in [-0.05, 0) is 42.5 Å². The molecule has 142 valence electrons. The Labute approximate surface area is 159 Å². The molecule has 0 radical (unpaired) electrons. The lowest BCUT2D eigenvalue weighted by atomic mass is 9.93. The van der Waals surface area contributed by atoms with Gasteiger partial charge in [-0.15, -0.1) is 10.2 Å². The number of hydrogen-bond donors (Lipinski definition) is 1. The molecule has 1 aliphatic rings. The summed E-state index contributed by atoms with van der Waals surface area (Å²) in [5.41, 5.74) is -1.01. The van der Waals surface area contributed by atoms with Crippen LogP contribution in [0.2, 0.25) is 0 Å². The first-order chi connectivity index (χ1) is 13.3. The largest absolute Gasteiger partial charge is 0.416 e. The first-order valence-electron chi connectivity index (χ1n) is 8.54. The summed E-state index contributed by atoms with van der Waals surface area (Å²) in [6.07, 6.45) is -2.77.